The molecule has 2 rings (SSSR count). The van der Waals surface area contributed by atoms with E-state index < -0.39 is 0 Å². The van der Waals surface area contributed by atoms with Crippen LogP contribution in [0.15, 0.2) is 34.8 Å². The first-order valence-electron chi connectivity index (χ1n) is 6.33. The van der Waals surface area contributed by atoms with Crippen molar-refractivity contribution in [1.82, 2.24) is 5.32 Å². The van der Waals surface area contributed by atoms with Crippen LogP contribution in [0.25, 0.3) is 0 Å². The topological polar surface area (TPSA) is 12.0 Å². The number of hydrogen-bond donors (Lipinski definition) is 1. The van der Waals surface area contributed by atoms with Crippen LogP contribution in [0, 0.1) is 19.7 Å². The van der Waals surface area contributed by atoms with Crippen LogP contribution in [0.5, 0.6) is 0 Å². The van der Waals surface area contributed by atoms with E-state index in [0.29, 0.717) is 10.6 Å². The van der Waals surface area contributed by atoms with Crippen LogP contribution in [0.4, 0.5) is 4.39 Å². The number of rotatable bonds is 3. The molecule has 0 heterocycles. The third kappa shape index (κ3) is 3.05. The molecule has 106 valence electrons. The highest BCUT2D eigenvalue weighted by molar-refractivity contribution is 9.10. The molecule has 0 saturated carbocycles. The van der Waals surface area contributed by atoms with E-state index in [1.807, 2.05) is 20.9 Å². The minimum absolute atomic E-state index is 0.222. The fourth-order valence-electron chi connectivity index (χ4n) is 2.33. The van der Waals surface area contributed by atoms with Gasteiger partial charge in [0.1, 0.15) is 5.82 Å². The van der Waals surface area contributed by atoms with Gasteiger partial charge in [-0.1, -0.05) is 33.6 Å². The molecule has 1 N–H and O–H groups in total. The minimum Gasteiger partial charge on any atom is -0.309 e. The Balaban J connectivity index is 2.58. The monoisotopic (exact) mass is 355 g/mol. The van der Waals surface area contributed by atoms with Crippen molar-refractivity contribution in [3.8, 4) is 0 Å². The van der Waals surface area contributed by atoms with Gasteiger partial charge in [-0.3, -0.25) is 0 Å². The van der Waals surface area contributed by atoms with E-state index in [0.717, 1.165) is 21.2 Å². The van der Waals surface area contributed by atoms with E-state index >= 15 is 0 Å². The smallest absolute Gasteiger partial charge is 0.128 e. The average molecular weight is 357 g/mol. The van der Waals surface area contributed by atoms with E-state index in [1.54, 1.807) is 12.1 Å². The molecule has 2 aromatic rings. The fourth-order valence-corrected chi connectivity index (χ4v) is 2.97. The Hall–Kier alpha value is -0.900. The Labute approximate surface area is 132 Å². The highest BCUT2D eigenvalue weighted by atomic mass is 79.9. The van der Waals surface area contributed by atoms with Crippen LogP contribution in [0.2, 0.25) is 5.02 Å². The number of nitrogens with one attached hydrogen (secondary N) is 1. The summed E-state index contributed by atoms with van der Waals surface area (Å²) in [6.07, 6.45) is 0. The van der Waals surface area contributed by atoms with Crippen LogP contribution < -0.4 is 5.32 Å². The minimum atomic E-state index is -0.256. The van der Waals surface area contributed by atoms with Gasteiger partial charge in [-0.25, -0.2) is 4.39 Å². The van der Waals surface area contributed by atoms with Crippen LogP contribution >= 0.6 is 27.5 Å². The van der Waals surface area contributed by atoms with Gasteiger partial charge in [0.2, 0.25) is 0 Å². The van der Waals surface area contributed by atoms with E-state index in [2.05, 4.69) is 33.4 Å². The number of hydrogen-bond acceptors (Lipinski definition) is 1. The quantitative estimate of drug-likeness (QED) is 0.800. The zero-order chi connectivity index (χ0) is 14.9. The van der Waals surface area contributed by atoms with Crippen molar-refractivity contribution < 1.29 is 4.39 Å². The van der Waals surface area contributed by atoms with Crippen molar-refractivity contribution in [3.05, 3.63) is 67.9 Å². The molecule has 0 spiro atoms. The van der Waals surface area contributed by atoms with Crippen LogP contribution in [0.3, 0.4) is 0 Å². The average Bonchev–Trinajstić information content (AvgIpc) is 2.40. The van der Waals surface area contributed by atoms with E-state index in [1.165, 1.54) is 6.07 Å². The first kappa shape index (κ1) is 15.5. The van der Waals surface area contributed by atoms with Gasteiger partial charge in [-0.2, -0.15) is 0 Å². The largest absolute Gasteiger partial charge is 0.309 e. The van der Waals surface area contributed by atoms with E-state index in [9.17, 15) is 4.39 Å². The lowest BCUT2D eigenvalue weighted by Gasteiger charge is -2.21. The molecule has 2 aromatic carbocycles. The first-order chi connectivity index (χ1) is 9.43. The molecule has 0 bridgehead atoms. The maximum absolute atomic E-state index is 14.1. The fraction of sp³-hybridized carbons (Fsp3) is 0.250. The predicted octanol–water partition coefficient (Wildman–Crippen LogP) is 5.17. The van der Waals surface area contributed by atoms with Crippen molar-refractivity contribution in [2.24, 2.45) is 0 Å². The van der Waals surface area contributed by atoms with Gasteiger partial charge < -0.3 is 5.32 Å². The molecule has 0 fully saturated rings. The summed E-state index contributed by atoms with van der Waals surface area (Å²) in [5, 5.41) is 3.71. The highest BCUT2D eigenvalue weighted by Gasteiger charge is 2.19. The van der Waals surface area contributed by atoms with Crippen molar-refractivity contribution in [2.75, 3.05) is 7.05 Å². The summed E-state index contributed by atoms with van der Waals surface area (Å²) in [5.74, 6) is -0.256. The zero-order valence-electron chi connectivity index (χ0n) is 11.6. The Bertz CT molecular complexity index is 643. The molecular formula is C16H16BrClFN. The number of halogens is 3. The van der Waals surface area contributed by atoms with Gasteiger partial charge >= 0.3 is 0 Å². The molecule has 0 saturated heterocycles. The third-order valence-electron chi connectivity index (χ3n) is 3.42. The van der Waals surface area contributed by atoms with Crippen LogP contribution in [0.1, 0.15) is 28.3 Å². The number of aryl methyl sites for hydroxylation is 2. The normalized spacial score (nSPS) is 12.5. The molecule has 20 heavy (non-hydrogen) atoms. The summed E-state index contributed by atoms with van der Waals surface area (Å²) in [6.45, 7) is 4.04. The van der Waals surface area contributed by atoms with Gasteiger partial charge in [0.05, 0.1) is 6.04 Å². The molecule has 0 aromatic heterocycles. The van der Waals surface area contributed by atoms with Gasteiger partial charge in [-0.05, 0) is 61.9 Å². The summed E-state index contributed by atoms with van der Waals surface area (Å²) in [5.41, 5.74) is 3.83. The van der Waals surface area contributed by atoms with Crippen molar-refractivity contribution >= 4 is 27.5 Å². The number of benzene rings is 2. The standard InChI is InChI=1S/C16H16BrClFN/c1-9-7-14(17)10(2)6-12(9)16(20-3)13-8-11(18)4-5-15(13)19/h4-8,16,20H,1-3H3. The molecule has 4 heteroatoms. The van der Waals surface area contributed by atoms with E-state index in [4.69, 9.17) is 11.6 Å². The maximum atomic E-state index is 14.1. The summed E-state index contributed by atoms with van der Waals surface area (Å²) < 4.78 is 15.2. The first-order valence-corrected chi connectivity index (χ1v) is 7.50. The van der Waals surface area contributed by atoms with Crippen LogP contribution in [-0.4, -0.2) is 7.05 Å². The summed E-state index contributed by atoms with van der Waals surface area (Å²) in [4.78, 5) is 0. The lowest BCUT2D eigenvalue weighted by Crippen LogP contribution is -2.20. The second kappa shape index (κ2) is 6.25. The Morgan fingerprint density at radius 2 is 1.80 bits per heavy atom. The van der Waals surface area contributed by atoms with Gasteiger partial charge in [-0.15, -0.1) is 0 Å². The Kier molecular flexibility index (Phi) is 4.84. The van der Waals surface area contributed by atoms with Crippen molar-refractivity contribution in [2.45, 2.75) is 19.9 Å². The van der Waals surface area contributed by atoms with Gasteiger partial charge in [0.15, 0.2) is 0 Å². The molecule has 1 nitrogen and oxygen atoms in total. The molecule has 0 aliphatic carbocycles. The molecule has 0 radical (unpaired) electrons. The Morgan fingerprint density at radius 1 is 1.10 bits per heavy atom. The maximum Gasteiger partial charge on any atom is 0.128 e. The molecule has 0 aliphatic heterocycles. The van der Waals surface area contributed by atoms with E-state index in [-0.39, 0.29) is 11.9 Å². The lowest BCUT2D eigenvalue weighted by atomic mass is 9.93. The summed E-state index contributed by atoms with van der Waals surface area (Å²) in [6, 6.07) is 8.55. The lowest BCUT2D eigenvalue weighted by molar-refractivity contribution is 0.575. The SMILES string of the molecule is CNC(c1cc(C)c(Br)cc1C)c1cc(Cl)ccc1F. The van der Waals surface area contributed by atoms with Crippen molar-refractivity contribution in [3.63, 3.8) is 0 Å². The van der Waals surface area contributed by atoms with Crippen LogP contribution in [-0.2, 0) is 0 Å². The third-order valence-corrected chi connectivity index (χ3v) is 4.51. The molecule has 0 amide bonds. The van der Waals surface area contributed by atoms with Gasteiger partial charge in [0.25, 0.3) is 0 Å². The molecule has 0 aliphatic rings. The summed E-state index contributed by atoms with van der Waals surface area (Å²) in [7, 11) is 1.82. The second-order valence-corrected chi connectivity index (χ2v) is 6.14. The Morgan fingerprint density at radius 3 is 2.45 bits per heavy atom. The summed E-state index contributed by atoms with van der Waals surface area (Å²) >= 11 is 9.52. The zero-order valence-corrected chi connectivity index (χ0v) is 13.9. The second-order valence-electron chi connectivity index (χ2n) is 4.85. The van der Waals surface area contributed by atoms with Crippen molar-refractivity contribution in [1.29, 1.82) is 0 Å². The molecular weight excluding hydrogens is 341 g/mol. The molecule has 1 unspecified atom stereocenters. The predicted molar refractivity (Wildman–Crippen MR) is 85.9 cm³/mol. The van der Waals surface area contributed by atoms with Gasteiger partial charge in [0, 0.05) is 15.1 Å². The molecule has 1 atom stereocenters. The highest BCUT2D eigenvalue weighted by Crippen LogP contribution is 2.31.